The number of nitrogens with zero attached hydrogens (tertiary/aromatic N) is 1. The van der Waals surface area contributed by atoms with Crippen molar-refractivity contribution in [2.45, 2.75) is 6.54 Å². The van der Waals surface area contributed by atoms with E-state index < -0.39 is 0 Å². The highest BCUT2D eigenvalue weighted by molar-refractivity contribution is 5.77. The molecule has 0 radical (unpaired) electrons. The van der Waals surface area contributed by atoms with E-state index in [1.165, 1.54) is 5.56 Å². The zero-order chi connectivity index (χ0) is 14.2. The molecule has 21 heavy (non-hydrogen) atoms. The number of rotatable bonds is 3. The van der Waals surface area contributed by atoms with E-state index in [4.69, 9.17) is 13.9 Å². The molecule has 1 aromatic heterocycles. The molecule has 5 heteroatoms. The highest BCUT2D eigenvalue weighted by Crippen LogP contribution is 2.36. The average Bonchev–Trinajstić information content (AvgIpc) is 3.12. The highest BCUT2D eigenvalue weighted by atomic mass is 16.7. The SMILES string of the molecule is CNCc1ccc2nc(-c3ccc4c(c3)OCO4)oc2c1. The van der Waals surface area contributed by atoms with Gasteiger partial charge in [-0.15, -0.1) is 0 Å². The molecule has 0 atom stereocenters. The quantitative estimate of drug-likeness (QED) is 0.800. The number of ether oxygens (including phenoxy) is 2. The van der Waals surface area contributed by atoms with Crippen LogP contribution in [0.15, 0.2) is 40.8 Å². The molecule has 0 spiro atoms. The monoisotopic (exact) mass is 282 g/mol. The maximum atomic E-state index is 5.87. The summed E-state index contributed by atoms with van der Waals surface area (Å²) in [5, 5.41) is 3.12. The minimum Gasteiger partial charge on any atom is -0.454 e. The molecule has 4 rings (SSSR count). The second-order valence-corrected chi connectivity index (χ2v) is 4.92. The topological polar surface area (TPSA) is 56.5 Å². The van der Waals surface area contributed by atoms with Gasteiger partial charge in [0.25, 0.3) is 0 Å². The Kier molecular flexibility index (Phi) is 2.79. The lowest BCUT2D eigenvalue weighted by Crippen LogP contribution is -2.04. The fourth-order valence-electron chi connectivity index (χ4n) is 2.44. The van der Waals surface area contributed by atoms with Crippen molar-refractivity contribution >= 4 is 11.1 Å². The molecule has 2 aromatic carbocycles. The van der Waals surface area contributed by atoms with Gasteiger partial charge in [-0.05, 0) is 42.9 Å². The Bertz CT molecular complexity index is 810. The van der Waals surface area contributed by atoms with Crippen LogP contribution in [0.2, 0.25) is 0 Å². The molecular weight excluding hydrogens is 268 g/mol. The lowest BCUT2D eigenvalue weighted by Gasteiger charge is -1.98. The number of oxazole rings is 1. The molecule has 106 valence electrons. The van der Waals surface area contributed by atoms with Gasteiger partial charge in [0, 0.05) is 12.1 Å². The Morgan fingerprint density at radius 3 is 2.90 bits per heavy atom. The van der Waals surface area contributed by atoms with Gasteiger partial charge in [0.05, 0.1) is 0 Å². The summed E-state index contributed by atoms with van der Waals surface area (Å²) in [5.74, 6) is 2.07. The standard InChI is InChI=1S/C16H14N2O3/c1-17-8-10-2-4-12-14(6-10)21-16(18-12)11-3-5-13-15(7-11)20-9-19-13/h2-7,17H,8-9H2,1H3. The predicted octanol–water partition coefficient (Wildman–Crippen LogP) is 2.94. The molecule has 2 heterocycles. The Labute approximate surface area is 121 Å². The minimum absolute atomic E-state index is 0.264. The van der Waals surface area contributed by atoms with E-state index in [2.05, 4.69) is 10.3 Å². The molecule has 0 saturated carbocycles. The van der Waals surface area contributed by atoms with Crippen molar-refractivity contribution in [3.63, 3.8) is 0 Å². The molecule has 0 saturated heterocycles. The Morgan fingerprint density at radius 2 is 2.00 bits per heavy atom. The second kappa shape index (κ2) is 4.79. The highest BCUT2D eigenvalue weighted by Gasteiger charge is 2.16. The van der Waals surface area contributed by atoms with Crippen molar-refractivity contribution < 1.29 is 13.9 Å². The van der Waals surface area contributed by atoms with Crippen molar-refractivity contribution in [1.29, 1.82) is 0 Å². The third-order valence-corrected chi connectivity index (χ3v) is 3.45. The molecule has 1 N–H and O–H groups in total. The van der Waals surface area contributed by atoms with E-state index in [9.17, 15) is 0 Å². The van der Waals surface area contributed by atoms with Gasteiger partial charge in [0.2, 0.25) is 12.7 Å². The molecule has 0 aliphatic carbocycles. The van der Waals surface area contributed by atoms with Gasteiger partial charge in [0.1, 0.15) is 5.52 Å². The summed E-state index contributed by atoms with van der Waals surface area (Å²) >= 11 is 0. The van der Waals surface area contributed by atoms with Crippen LogP contribution in [0.1, 0.15) is 5.56 Å². The third kappa shape index (κ3) is 2.11. The van der Waals surface area contributed by atoms with E-state index in [-0.39, 0.29) is 6.79 Å². The first-order valence-electron chi connectivity index (χ1n) is 6.77. The zero-order valence-electron chi connectivity index (χ0n) is 11.6. The average molecular weight is 282 g/mol. The number of nitrogens with one attached hydrogen (secondary N) is 1. The second-order valence-electron chi connectivity index (χ2n) is 4.92. The summed E-state index contributed by atoms with van der Waals surface area (Å²) in [6.07, 6.45) is 0. The minimum atomic E-state index is 0.264. The van der Waals surface area contributed by atoms with Gasteiger partial charge >= 0.3 is 0 Å². The van der Waals surface area contributed by atoms with Crippen LogP contribution in [-0.2, 0) is 6.54 Å². The summed E-state index contributed by atoms with van der Waals surface area (Å²) in [6, 6.07) is 11.7. The van der Waals surface area contributed by atoms with Crippen LogP contribution in [0, 0.1) is 0 Å². The van der Waals surface area contributed by atoms with Crippen molar-refractivity contribution in [3.05, 3.63) is 42.0 Å². The molecule has 0 fully saturated rings. The Balaban J connectivity index is 1.76. The molecule has 5 nitrogen and oxygen atoms in total. The van der Waals surface area contributed by atoms with Crippen LogP contribution in [0.5, 0.6) is 11.5 Å². The van der Waals surface area contributed by atoms with Crippen LogP contribution < -0.4 is 14.8 Å². The van der Waals surface area contributed by atoms with Gasteiger partial charge in [-0.25, -0.2) is 4.98 Å². The fourth-order valence-corrected chi connectivity index (χ4v) is 2.44. The summed E-state index contributed by atoms with van der Waals surface area (Å²) < 4.78 is 16.6. The van der Waals surface area contributed by atoms with Gasteiger partial charge < -0.3 is 19.2 Å². The third-order valence-electron chi connectivity index (χ3n) is 3.45. The van der Waals surface area contributed by atoms with Gasteiger partial charge in [0.15, 0.2) is 17.1 Å². The molecular formula is C16H14N2O3. The van der Waals surface area contributed by atoms with Crippen molar-refractivity contribution in [2.75, 3.05) is 13.8 Å². The first-order chi connectivity index (χ1) is 10.3. The summed E-state index contributed by atoms with van der Waals surface area (Å²) in [6.45, 7) is 1.07. The Morgan fingerprint density at radius 1 is 1.10 bits per heavy atom. The molecule has 3 aromatic rings. The molecule has 1 aliphatic heterocycles. The van der Waals surface area contributed by atoms with Crippen molar-refractivity contribution in [1.82, 2.24) is 10.3 Å². The van der Waals surface area contributed by atoms with Crippen molar-refractivity contribution in [2.24, 2.45) is 0 Å². The lowest BCUT2D eigenvalue weighted by atomic mass is 10.2. The lowest BCUT2D eigenvalue weighted by molar-refractivity contribution is 0.174. The van der Waals surface area contributed by atoms with E-state index in [1.807, 2.05) is 43.4 Å². The van der Waals surface area contributed by atoms with Crippen LogP contribution in [-0.4, -0.2) is 18.8 Å². The maximum Gasteiger partial charge on any atom is 0.231 e. The summed E-state index contributed by atoms with van der Waals surface area (Å²) in [5.41, 5.74) is 3.68. The first kappa shape index (κ1) is 12.2. The number of benzene rings is 2. The van der Waals surface area contributed by atoms with Crippen molar-refractivity contribution in [3.8, 4) is 23.0 Å². The van der Waals surface area contributed by atoms with Crippen LogP contribution in [0.3, 0.4) is 0 Å². The predicted molar refractivity (Wildman–Crippen MR) is 78.3 cm³/mol. The molecule has 0 unspecified atom stereocenters. The van der Waals surface area contributed by atoms with Gasteiger partial charge in [-0.3, -0.25) is 0 Å². The van der Waals surface area contributed by atoms with Crippen LogP contribution in [0.25, 0.3) is 22.6 Å². The number of hydrogen-bond donors (Lipinski definition) is 1. The van der Waals surface area contributed by atoms with E-state index in [1.54, 1.807) is 0 Å². The normalized spacial score (nSPS) is 13.0. The number of hydrogen-bond acceptors (Lipinski definition) is 5. The summed E-state index contributed by atoms with van der Waals surface area (Å²) in [4.78, 5) is 4.53. The molecule has 0 bridgehead atoms. The van der Waals surface area contributed by atoms with Gasteiger partial charge in [-0.2, -0.15) is 0 Å². The van der Waals surface area contributed by atoms with Gasteiger partial charge in [-0.1, -0.05) is 6.07 Å². The van der Waals surface area contributed by atoms with E-state index in [0.29, 0.717) is 5.89 Å². The van der Waals surface area contributed by atoms with E-state index in [0.717, 1.165) is 34.7 Å². The smallest absolute Gasteiger partial charge is 0.231 e. The Hall–Kier alpha value is -2.53. The molecule has 0 amide bonds. The fraction of sp³-hybridized carbons (Fsp3) is 0.188. The first-order valence-corrected chi connectivity index (χ1v) is 6.77. The maximum absolute atomic E-state index is 5.87. The van der Waals surface area contributed by atoms with Crippen LogP contribution in [0.4, 0.5) is 0 Å². The van der Waals surface area contributed by atoms with Crippen LogP contribution >= 0.6 is 0 Å². The summed E-state index contributed by atoms with van der Waals surface area (Å²) in [7, 11) is 1.92. The van der Waals surface area contributed by atoms with E-state index >= 15 is 0 Å². The zero-order valence-corrected chi connectivity index (χ0v) is 11.6. The molecule has 1 aliphatic rings. The number of aromatic nitrogens is 1. The largest absolute Gasteiger partial charge is 0.454 e. The number of fused-ring (bicyclic) bond motifs is 2.